The molecule has 1 saturated heterocycles. The van der Waals surface area contributed by atoms with E-state index in [0.717, 1.165) is 12.6 Å². The van der Waals surface area contributed by atoms with Crippen molar-refractivity contribution in [3.05, 3.63) is 35.4 Å². The van der Waals surface area contributed by atoms with Crippen LogP contribution >= 0.6 is 24.8 Å². The number of halogens is 2. The van der Waals surface area contributed by atoms with Crippen molar-refractivity contribution in [1.29, 1.82) is 0 Å². The summed E-state index contributed by atoms with van der Waals surface area (Å²) in [5, 5.41) is 0. The standard InChI is InChI=1S/C14H22N2.2ClH/c1-12-4-2-3-9-16(12)11-14-7-5-13(10-15)6-8-14;;/h5-8,12H,2-4,9-11,15H2,1H3;2*1H. The zero-order valence-corrected chi connectivity index (χ0v) is 12.6. The van der Waals surface area contributed by atoms with Gasteiger partial charge in [0.25, 0.3) is 0 Å². The number of nitrogens with two attached hydrogens (primary N) is 1. The van der Waals surface area contributed by atoms with E-state index >= 15 is 0 Å². The van der Waals surface area contributed by atoms with Gasteiger partial charge in [-0.1, -0.05) is 30.7 Å². The van der Waals surface area contributed by atoms with E-state index in [2.05, 4.69) is 36.1 Å². The van der Waals surface area contributed by atoms with Crippen LogP contribution in [0.25, 0.3) is 0 Å². The van der Waals surface area contributed by atoms with Gasteiger partial charge in [0.05, 0.1) is 0 Å². The fourth-order valence-electron chi connectivity index (χ4n) is 2.41. The molecule has 18 heavy (non-hydrogen) atoms. The van der Waals surface area contributed by atoms with Crippen molar-refractivity contribution in [2.45, 2.75) is 45.3 Å². The highest BCUT2D eigenvalue weighted by atomic mass is 35.5. The van der Waals surface area contributed by atoms with E-state index in [0.29, 0.717) is 6.54 Å². The van der Waals surface area contributed by atoms with E-state index in [9.17, 15) is 0 Å². The average Bonchev–Trinajstić information content (AvgIpc) is 2.33. The molecule has 1 aromatic carbocycles. The van der Waals surface area contributed by atoms with Crippen LogP contribution in [0.5, 0.6) is 0 Å². The molecule has 0 bridgehead atoms. The lowest BCUT2D eigenvalue weighted by Crippen LogP contribution is -2.36. The average molecular weight is 291 g/mol. The smallest absolute Gasteiger partial charge is 0.0236 e. The van der Waals surface area contributed by atoms with Crippen LogP contribution in [0.3, 0.4) is 0 Å². The number of hydrogen-bond acceptors (Lipinski definition) is 2. The van der Waals surface area contributed by atoms with Gasteiger partial charge < -0.3 is 5.73 Å². The second kappa shape index (κ2) is 8.76. The minimum Gasteiger partial charge on any atom is -0.326 e. The van der Waals surface area contributed by atoms with Crippen LogP contribution in [0.2, 0.25) is 0 Å². The highest BCUT2D eigenvalue weighted by molar-refractivity contribution is 5.85. The predicted molar refractivity (Wildman–Crippen MR) is 82.6 cm³/mol. The molecule has 0 radical (unpaired) electrons. The van der Waals surface area contributed by atoms with Crippen molar-refractivity contribution >= 4 is 24.8 Å². The number of benzene rings is 1. The Morgan fingerprint density at radius 2 is 1.72 bits per heavy atom. The molecule has 1 aromatic rings. The maximum atomic E-state index is 5.60. The normalized spacial score (nSPS) is 19.8. The number of piperidine rings is 1. The van der Waals surface area contributed by atoms with Crippen molar-refractivity contribution in [3.63, 3.8) is 0 Å². The van der Waals surface area contributed by atoms with Crippen LogP contribution in [-0.4, -0.2) is 17.5 Å². The van der Waals surface area contributed by atoms with Gasteiger partial charge in [0, 0.05) is 19.1 Å². The zero-order chi connectivity index (χ0) is 11.4. The zero-order valence-electron chi connectivity index (χ0n) is 11.0. The Bertz CT molecular complexity index is 327. The first-order valence-electron chi connectivity index (χ1n) is 6.31. The molecule has 104 valence electrons. The van der Waals surface area contributed by atoms with Gasteiger partial charge in [-0.15, -0.1) is 24.8 Å². The van der Waals surface area contributed by atoms with Gasteiger partial charge in [-0.2, -0.15) is 0 Å². The van der Waals surface area contributed by atoms with Crippen LogP contribution < -0.4 is 5.73 Å². The summed E-state index contributed by atoms with van der Waals surface area (Å²) in [6.45, 7) is 5.32. The van der Waals surface area contributed by atoms with Gasteiger partial charge in [-0.25, -0.2) is 0 Å². The first kappa shape index (κ1) is 17.7. The fraction of sp³-hybridized carbons (Fsp3) is 0.571. The van der Waals surface area contributed by atoms with Crippen LogP contribution in [0, 0.1) is 0 Å². The fourth-order valence-corrected chi connectivity index (χ4v) is 2.41. The summed E-state index contributed by atoms with van der Waals surface area (Å²) in [5.41, 5.74) is 8.22. The summed E-state index contributed by atoms with van der Waals surface area (Å²) < 4.78 is 0. The maximum Gasteiger partial charge on any atom is 0.0236 e. The van der Waals surface area contributed by atoms with Gasteiger partial charge in [0.1, 0.15) is 0 Å². The number of likely N-dealkylation sites (tertiary alicyclic amines) is 1. The minimum atomic E-state index is 0. The molecule has 1 unspecified atom stereocenters. The Kier molecular flexibility index (Phi) is 8.62. The summed E-state index contributed by atoms with van der Waals surface area (Å²) in [7, 11) is 0. The third-order valence-corrected chi connectivity index (χ3v) is 3.58. The second-order valence-corrected chi connectivity index (χ2v) is 4.84. The quantitative estimate of drug-likeness (QED) is 0.925. The molecule has 0 spiro atoms. The monoisotopic (exact) mass is 290 g/mol. The van der Waals surface area contributed by atoms with Crippen molar-refractivity contribution in [3.8, 4) is 0 Å². The molecule has 2 rings (SSSR count). The van der Waals surface area contributed by atoms with E-state index in [1.54, 1.807) is 0 Å². The van der Waals surface area contributed by atoms with Crippen molar-refractivity contribution in [2.24, 2.45) is 5.73 Å². The largest absolute Gasteiger partial charge is 0.326 e. The van der Waals surface area contributed by atoms with E-state index in [1.807, 2.05) is 0 Å². The second-order valence-electron chi connectivity index (χ2n) is 4.84. The molecule has 0 amide bonds. The highest BCUT2D eigenvalue weighted by Gasteiger charge is 2.17. The molecule has 1 atom stereocenters. The maximum absolute atomic E-state index is 5.60. The molecule has 0 aliphatic carbocycles. The Labute approximate surface area is 123 Å². The Hall–Kier alpha value is -0.280. The lowest BCUT2D eigenvalue weighted by molar-refractivity contribution is 0.152. The molecule has 1 heterocycles. The van der Waals surface area contributed by atoms with Crippen molar-refractivity contribution < 1.29 is 0 Å². The van der Waals surface area contributed by atoms with Gasteiger partial charge >= 0.3 is 0 Å². The molecule has 1 fully saturated rings. The van der Waals surface area contributed by atoms with E-state index < -0.39 is 0 Å². The lowest BCUT2D eigenvalue weighted by atomic mass is 10.0. The summed E-state index contributed by atoms with van der Waals surface area (Å²) in [6.07, 6.45) is 4.09. The molecule has 2 N–H and O–H groups in total. The topological polar surface area (TPSA) is 29.3 Å². The van der Waals surface area contributed by atoms with Crippen LogP contribution in [0.1, 0.15) is 37.3 Å². The summed E-state index contributed by atoms with van der Waals surface area (Å²) in [5.74, 6) is 0. The van der Waals surface area contributed by atoms with Gasteiger partial charge in [0.15, 0.2) is 0 Å². The molecule has 2 nitrogen and oxygen atoms in total. The molecule has 4 heteroatoms. The third-order valence-electron chi connectivity index (χ3n) is 3.58. The first-order chi connectivity index (χ1) is 7.79. The Morgan fingerprint density at radius 3 is 2.28 bits per heavy atom. The predicted octanol–water partition coefficient (Wildman–Crippen LogP) is 3.36. The SMILES string of the molecule is CC1CCCCN1Cc1ccc(CN)cc1.Cl.Cl. The Balaban J connectivity index is 0.00000144. The highest BCUT2D eigenvalue weighted by Crippen LogP contribution is 2.19. The molecule has 1 aliphatic heterocycles. The lowest BCUT2D eigenvalue weighted by Gasteiger charge is -2.33. The molecule has 0 saturated carbocycles. The molecular formula is C14H24Cl2N2. The number of nitrogens with zero attached hydrogens (tertiary/aromatic N) is 1. The molecule has 0 aromatic heterocycles. The minimum absolute atomic E-state index is 0. The van der Waals surface area contributed by atoms with Crippen LogP contribution in [-0.2, 0) is 13.1 Å². The summed E-state index contributed by atoms with van der Waals surface area (Å²) in [6, 6.07) is 9.45. The van der Waals surface area contributed by atoms with E-state index in [1.165, 1.54) is 36.9 Å². The Morgan fingerprint density at radius 1 is 1.11 bits per heavy atom. The summed E-state index contributed by atoms with van der Waals surface area (Å²) in [4.78, 5) is 2.58. The van der Waals surface area contributed by atoms with E-state index in [-0.39, 0.29) is 24.8 Å². The number of rotatable bonds is 3. The molecular weight excluding hydrogens is 267 g/mol. The van der Waals surface area contributed by atoms with Gasteiger partial charge in [0.2, 0.25) is 0 Å². The first-order valence-corrected chi connectivity index (χ1v) is 6.31. The van der Waals surface area contributed by atoms with Gasteiger partial charge in [-0.05, 0) is 37.4 Å². The van der Waals surface area contributed by atoms with Crippen LogP contribution in [0.4, 0.5) is 0 Å². The summed E-state index contributed by atoms with van der Waals surface area (Å²) >= 11 is 0. The van der Waals surface area contributed by atoms with E-state index in [4.69, 9.17) is 5.73 Å². The van der Waals surface area contributed by atoms with Crippen molar-refractivity contribution in [2.75, 3.05) is 6.54 Å². The number of hydrogen-bond donors (Lipinski definition) is 1. The van der Waals surface area contributed by atoms with Crippen LogP contribution in [0.15, 0.2) is 24.3 Å². The van der Waals surface area contributed by atoms with Crippen molar-refractivity contribution in [1.82, 2.24) is 4.90 Å². The third kappa shape index (κ3) is 4.77. The molecule has 1 aliphatic rings. The van der Waals surface area contributed by atoms with Gasteiger partial charge in [-0.3, -0.25) is 4.90 Å².